The topological polar surface area (TPSA) is 95.1 Å². The molecular formula is C22H21N3O3. The number of nitrogens with zero attached hydrogens (tertiary/aromatic N) is 1. The largest absolute Gasteiger partial charge is 0.481 e. The molecule has 142 valence electrons. The van der Waals surface area contributed by atoms with Crippen LogP contribution in [0.25, 0.3) is 27.6 Å². The van der Waals surface area contributed by atoms with Gasteiger partial charge in [0.15, 0.2) is 5.82 Å². The minimum atomic E-state index is -1.18. The molecule has 0 saturated heterocycles. The maximum atomic E-state index is 11.9. The number of anilines is 1. The number of carboxylic acid groups (broad SMARTS) is 1. The van der Waals surface area contributed by atoms with E-state index < -0.39 is 18.3 Å². The molecule has 6 nitrogen and oxygen atoms in total. The number of fused-ring (bicyclic) bond motifs is 1. The molecule has 0 spiro atoms. The van der Waals surface area contributed by atoms with E-state index in [9.17, 15) is 9.59 Å². The minimum absolute atomic E-state index is 0.343. The smallest absolute Gasteiger partial charge is 0.312 e. The van der Waals surface area contributed by atoms with Gasteiger partial charge in [0.1, 0.15) is 6.42 Å². The molecule has 0 radical (unpaired) electrons. The normalized spacial score (nSPS) is 13.9. The number of H-pyrrole nitrogens is 1. The molecule has 1 aliphatic rings. The third-order valence-corrected chi connectivity index (χ3v) is 5.02. The standard InChI is InChI=1S/C22H21N3O3/c26-19(13-20(27)28)23-22-21-17(7-4-8-18(21)24-25-22)16-11-9-15(10-12-16)14-5-2-1-3-6-14/h4-5,7-12H,1-3,6,13H2,(H,27,28)(H2,23,24,25,26). The molecule has 0 aliphatic heterocycles. The Labute approximate surface area is 162 Å². The third kappa shape index (κ3) is 3.67. The lowest BCUT2D eigenvalue weighted by Crippen LogP contribution is -2.16. The molecule has 1 aliphatic carbocycles. The molecule has 2 aromatic carbocycles. The zero-order valence-corrected chi connectivity index (χ0v) is 15.4. The van der Waals surface area contributed by atoms with E-state index in [0.717, 1.165) is 34.9 Å². The van der Waals surface area contributed by atoms with E-state index in [1.165, 1.54) is 24.0 Å². The van der Waals surface area contributed by atoms with Gasteiger partial charge in [-0.1, -0.05) is 42.5 Å². The second kappa shape index (κ2) is 7.68. The van der Waals surface area contributed by atoms with Gasteiger partial charge in [0.25, 0.3) is 0 Å². The molecule has 0 bridgehead atoms. The van der Waals surface area contributed by atoms with E-state index in [0.29, 0.717) is 5.82 Å². The number of rotatable bonds is 5. The SMILES string of the molecule is O=C(O)CC(=O)Nc1n[nH]c2cccc(-c3ccc(C4=CCCCC4)cc3)c12. The Morgan fingerprint density at radius 1 is 1.07 bits per heavy atom. The molecule has 0 atom stereocenters. The molecule has 1 heterocycles. The summed E-state index contributed by atoms with van der Waals surface area (Å²) in [6.45, 7) is 0. The lowest BCUT2D eigenvalue weighted by molar-refractivity contribution is -0.139. The zero-order chi connectivity index (χ0) is 19.5. The van der Waals surface area contributed by atoms with E-state index in [1.54, 1.807) is 0 Å². The van der Waals surface area contributed by atoms with Crippen molar-refractivity contribution in [3.8, 4) is 11.1 Å². The number of hydrogen-bond acceptors (Lipinski definition) is 3. The molecule has 3 N–H and O–H groups in total. The summed E-state index contributed by atoms with van der Waals surface area (Å²) < 4.78 is 0. The van der Waals surface area contributed by atoms with Crippen LogP contribution in [0.5, 0.6) is 0 Å². The molecule has 0 fully saturated rings. The van der Waals surface area contributed by atoms with Gasteiger partial charge in [0, 0.05) is 0 Å². The van der Waals surface area contributed by atoms with Crippen LogP contribution in [0.1, 0.15) is 37.7 Å². The number of aromatic nitrogens is 2. The zero-order valence-electron chi connectivity index (χ0n) is 15.4. The van der Waals surface area contributed by atoms with E-state index in [2.05, 4.69) is 45.9 Å². The monoisotopic (exact) mass is 375 g/mol. The van der Waals surface area contributed by atoms with Crippen molar-refractivity contribution in [1.29, 1.82) is 0 Å². The Bertz CT molecular complexity index is 1060. The minimum Gasteiger partial charge on any atom is -0.481 e. The highest BCUT2D eigenvalue weighted by atomic mass is 16.4. The van der Waals surface area contributed by atoms with Gasteiger partial charge in [0.2, 0.25) is 5.91 Å². The van der Waals surface area contributed by atoms with Crippen LogP contribution < -0.4 is 5.32 Å². The highest BCUT2D eigenvalue weighted by molar-refractivity contribution is 6.09. The number of aliphatic carboxylic acids is 1. The second-order valence-electron chi connectivity index (χ2n) is 6.97. The fourth-order valence-electron chi connectivity index (χ4n) is 3.68. The van der Waals surface area contributed by atoms with Gasteiger partial charge in [-0.3, -0.25) is 14.7 Å². The van der Waals surface area contributed by atoms with Crippen molar-refractivity contribution >= 4 is 34.2 Å². The summed E-state index contributed by atoms with van der Waals surface area (Å²) >= 11 is 0. The summed E-state index contributed by atoms with van der Waals surface area (Å²) in [5, 5.41) is 19.2. The number of benzene rings is 2. The first-order valence-electron chi connectivity index (χ1n) is 9.40. The van der Waals surface area contributed by atoms with Gasteiger partial charge in [-0.15, -0.1) is 0 Å². The third-order valence-electron chi connectivity index (χ3n) is 5.02. The van der Waals surface area contributed by atoms with Crippen LogP contribution in [-0.2, 0) is 9.59 Å². The van der Waals surface area contributed by atoms with E-state index in [1.807, 2.05) is 18.2 Å². The van der Waals surface area contributed by atoms with Gasteiger partial charge < -0.3 is 10.4 Å². The maximum Gasteiger partial charge on any atom is 0.312 e. The van der Waals surface area contributed by atoms with Crippen LogP contribution in [-0.4, -0.2) is 27.2 Å². The predicted octanol–water partition coefficient (Wildman–Crippen LogP) is 4.60. The first kappa shape index (κ1) is 18.0. The van der Waals surface area contributed by atoms with Crippen LogP contribution in [0.4, 0.5) is 5.82 Å². The van der Waals surface area contributed by atoms with Gasteiger partial charge >= 0.3 is 5.97 Å². The number of allylic oxidation sites excluding steroid dienone is 2. The summed E-state index contributed by atoms with van der Waals surface area (Å²) in [4.78, 5) is 22.6. The van der Waals surface area contributed by atoms with Crippen LogP contribution in [0.2, 0.25) is 0 Å². The summed E-state index contributed by atoms with van der Waals surface area (Å²) in [7, 11) is 0. The Kier molecular flexibility index (Phi) is 4.93. The number of aromatic amines is 1. The van der Waals surface area contributed by atoms with Crippen molar-refractivity contribution in [2.75, 3.05) is 5.32 Å². The number of nitrogens with one attached hydrogen (secondary N) is 2. The molecule has 1 aromatic heterocycles. The van der Waals surface area contributed by atoms with E-state index >= 15 is 0 Å². The predicted molar refractivity (Wildman–Crippen MR) is 109 cm³/mol. The lowest BCUT2D eigenvalue weighted by Gasteiger charge is -2.13. The highest BCUT2D eigenvalue weighted by Crippen LogP contribution is 2.34. The molecule has 3 aromatic rings. The second-order valence-corrected chi connectivity index (χ2v) is 6.97. The first-order chi connectivity index (χ1) is 13.6. The number of hydrogen-bond donors (Lipinski definition) is 3. The molecule has 4 rings (SSSR count). The van der Waals surface area contributed by atoms with Crippen LogP contribution in [0.3, 0.4) is 0 Å². The average Bonchev–Trinajstić information content (AvgIpc) is 3.11. The Balaban J connectivity index is 1.68. The molecule has 28 heavy (non-hydrogen) atoms. The Morgan fingerprint density at radius 3 is 2.57 bits per heavy atom. The van der Waals surface area contributed by atoms with E-state index in [4.69, 9.17) is 5.11 Å². The number of carboxylic acids is 1. The van der Waals surface area contributed by atoms with Crippen molar-refractivity contribution in [2.24, 2.45) is 0 Å². The van der Waals surface area contributed by atoms with Crippen LogP contribution in [0, 0.1) is 0 Å². The van der Waals surface area contributed by atoms with Gasteiger partial charge in [-0.2, -0.15) is 5.10 Å². The Morgan fingerprint density at radius 2 is 1.86 bits per heavy atom. The van der Waals surface area contributed by atoms with Gasteiger partial charge in [-0.05, 0) is 54.0 Å². The molecule has 0 unspecified atom stereocenters. The van der Waals surface area contributed by atoms with Crippen LogP contribution >= 0.6 is 0 Å². The quantitative estimate of drug-likeness (QED) is 0.568. The number of carbonyl (C=O) groups excluding carboxylic acids is 1. The van der Waals surface area contributed by atoms with Crippen LogP contribution in [0.15, 0.2) is 48.5 Å². The summed E-state index contributed by atoms with van der Waals surface area (Å²) in [6.07, 6.45) is 6.49. The molecule has 0 saturated carbocycles. The van der Waals surface area contributed by atoms with Crippen molar-refractivity contribution in [3.63, 3.8) is 0 Å². The first-order valence-corrected chi connectivity index (χ1v) is 9.40. The maximum absolute atomic E-state index is 11.9. The summed E-state index contributed by atoms with van der Waals surface area (Å²) in [5.41, 5.74) is 5.38. The average molecular weight is 375 g/mol. The molecule has 6 heteroatoms. The fourth-order valence-corrected chi connectivity index (χ4v) is 3.68. The molecule has 1 amide bonds. The molecular weight excluding hydrogens is 354 g/mol. The Hall–Kier alpha value is -3.41. The van der Waals surface area contributed by atoms with Crippen molar-refractivity contribution in [2.45, 2.75) is 32.1 Å². The van der Waals surface area contributed by atoms with E-state index in [-0.39, 0.29) is 0 Å². The van der Waals surface area contributed by atoms with Crippen molar-refractivity contribution < 1.29 is 14.7 Å². The fraction of sp³-hybridized carbons (Fsp3) is 0.227. The van der Waals surface area contributed by atoms with Crippen molar-refractivity contribution in [3.05, 3.63) is 54.1 Å². The van der Waals surface area contributed by atoms with Crippen molar-refractivity contribution in [1.82, 2.24) is 10.2 Å². The highest BCUT2D eigenvalue weighted by Gasteiger charge is 2.16. The summed E-state index contributed by atoms with van der Waals surface area (Å²) in [6, 6.07) is 14.2. The van der Waals surface area contributed by atoms with Gasteiger partial charge in [0.05, 0.1) is 10.9 Å². The number of amides is 1. The van der Waals surface area contributed by atoms with Gasteiger partial charge in [-0.25, -0.2) is 0 Å². The summed E-state index contributed by atoms with van der Waals surface area (Å²) in [5.74, 6) is -1.43. The lowest BCUT2D eigenvalue weighted by atomic mass is 9.92. The number of carbonyl (C=O) groups is 2.